The van der Waals surface area contributed by atoms with E-state index in [9.17, 15) is 14.7 Å². The number of hydrogen-bond donors (Lipinski definition) is 1. The molecule has 6 heteroatoms. The van der Waals surface area contributed by atoms with Gasteiger partial charge in [0.05, 0.1) is 6.04 Å². The summed E-state index contributed by atoms with van der Waals surface area (Å²) in [5.74, 6) is -0.0246. The van der Waals surface area contributed by atoms with Gasteiger partial charge in [-0.3, -0.25) is 9.59 Å². The molecule has 2 atom stereocenters. The number of amides is 1. The third-order valence-corrected chi connectivity index (χ3v) is 5.72. The summed E-state index contributed by atoms with van der Waals surface area (Å²) in [7, 11) is 0. The Kier molecular flexibility index (Phi) is 7.70. The van der Waals surface area contributed by atoms with Crippen LogP contribution in [0, 0.1) is 5.92 Å². The lowest BCUT2D eigenvalue weighted by molar-refractivity contribution is -0.132. The van der Waals surface area contributed by atoms with Crippen molar-refractivity contribution in [2.24, 2.45) is 5.92 Å². The van der Waals surface area contributed by atoms with Crippen LogP contribution in [0.15, 0.2) is 60.7 Å². The van der Waals surface area contributed by atoms with Crippen molar-refractivity contribution in [3.05, 3.63) is 81.9 Å². The molecule has 2 aromatic carbocycles. The molecule has 0 heterocycles. The zero-order valence-electron chi connectivity index (χ0n) is 16.8. The molecule has 1 N–H and O–H groups in total. The summed E-state index contributed by atoms with van der Waals surface area (Å²) in [5.41, 5.74) is 1.38. The second kappa shape index (κ2) is 10.3. The van der Waals surface area contributed by atoms with Crippen LogP contribution in [0.2, 0.25) is 10.0 Å². The molecule has 1 saturated carbocycles. The summed E-state index contributed by atoms with van der Waals surface area (Å²) in [6, 6.07) is 13.5. The van der Waals surface area contributed by atoms with Gasteiger partial charge in [0.25, 0.3) is 0 Å². The number of rotatable bonds is 9. The van der Waals surface area contributed by atoms with Gasteiger partial charge in [-0.05, 0) is 60.2 Å². The van der Waals surface area contributed by atoms with Crippen molar-refractivity contribution in [3.8, 4) is 0 Å². The highest BCUT2D eigenvalue weighted by molar-refractivity contribution is 6.30. The number of carbonyl (C=O) groups is 2. The van der Waals surface area contributed by atoms with Crippen molar-refractivity contribution >= 4 is 34.9 Å². The SMILES string of the molecule is CCC(=O)C=CC(=O)N(CC1CC1)C(c1ccc(Cl)cc1)C(O)c1cccc(Cl)c1. The number of halogens is 2. The molecule has 158 valence electrons. The fourth-order valence-electron chi connectivity index (χ4n) is 3.36. The summed E-state index contributed by atoms with van der Waals surface area (Å²) in [5, 5.41) is 12.4. The lowest BCUT2D eigenvalue weighted by atomic mass is 9.93. The molecule has 0 bridgehead atoms. The summed E-state index contributed by atoms with van der Waals surface area (Å²) >= 11 is 12.2. The number of aliphatic hydroxyl groups excluding tert-OH is 1. The predicted octanol–water partition coefficient (Wildman–Crippen LogP) is 5.54. The first-order valence-corrected chi connectivity index (χ1v) is 10.8. The maximum atomic E-state index is 13.1. The average molecular weight is 446 g/mol. The first kappa shape index (κ1) is 22.5. The van der Waals surface area contributed by atoms with Gasteiger partial charge in [-0.25, -0.2) is 0 Å². The fraction of sp³-hybridized carbons (Fsp3) is 0.333. The van der Waals surface area contributed by atoms with Gasteiger partial charge in [0, 0.05) is 29.1 Å². The van der Waals surface area contributed by atoms with E-state index >= 15 is 0 Å². The molecule has 0 saturated heterocycles. The molecule has 1 fully saturated rings. The molecule has 3 rings (SSSR count). The van der Waals surface area contributed by atoms with E-state index < -0.39 is 12.1 Å². The molecule has 1 aliphatic carbocycles. The molecule has 1 aliphatic rings. The number of ketones is 1. The third-order valence-electron chi connectivity index (χ3n) is 5.23. The van der Waals surface area contributed by atoms with Gasteiger partial charge >= 0.3 is 0 Å². The van der Waals surface area contributed by atoms with E-state index in [0.29, 0.717) is 34.5 Å². The highest BCUT2D eigenvalue weighted by Gasteiger charge is 2.35. The quantitative estimate of drug-likeness (QED) is 0.515. The molecule has 0 aliphatic heterocycles. The van der Waals surface area contributed by atoms with E-state index in [0.717, 1.165) is 18.4 Å². The molecule has 0 aromatic heterocycles. The van der Waals surface area contributed by atoms with Gasteiger partial charge in [-0.1, -0.05) is 54.4 Å². The molecule has 0 radical (unpaired) electrons. The summed E-state index contributed by atoms with van der Waals surface area (Å²) < 4.78 is 0. The molecule has 2 unspecified atom stereocenters. The second-order valence-corrected chi connectivity index (χ2v) is 8.46. The van der Waals surface area contributed by atoms with Gasteiger partial charge in [-0.15, -0.1) is 0 Å². The molecular weight excluding hydrogens is 421 g/mol. The summed E-state index contributed by atoms with van der Waals surface area (Å²) in [6.07, 6.45) is 4.04. The molecular formula is C24H25Cl2NO3. The van der Waals surface area contributed by atoms with E-state index in [4.69, 9.17) is 23.2 Å². The average Bonchev–Trinajstić information content (AvgIpc) is 3.56. The smallest absolute Gasteiger partial charge is 0.247 e. The van der Waals surface area contributed by atoms with Crippen molar-refractivity contribution < 1.29 is 14.7 Å². The Labute approximate surface area is 187 Å². The molecule has 2 aromatic rings. The van der Waals surface area contributed by atoms with Crippen LogP contribution >= 0.6 is 23.2 Å². The van der Waals surface area contributed by atoms with Gasteiger partial charge in [0.15, 0.2) is 5.78 Å². The molecule has 30 heavy (non-hydrogen) atoms. The fourth-order valence-corrected chi connectivity index (χ4v) is 3.69. The predicted molar refractivity (Wildman–Crippen MR) is 119 cm³/mol. The Bertz CT molecular complexity index is 922. The normalized spacial score (nSPS) is 15.7. The number of benzene rings is 2. The van der Waals surface area contributed by atoms with Crippen molar-refractivity contribution in [1.29, 1.82) is 0 Å². The largest absolute Gasteiger partial charge is 0.386 e. The highest BCUT2D eigenvalue weighted by Crippen LogP contribution is 2.39. The lowest BCUT2D eigenvalue weighted by Gasteiger charge is -2.35. The Morgan fingerprint density at radius 3 is 2.37 bits per heavy atom. The van der Waals surface area contributed by atoms with E-state index in [-0.39, 0.29) is 11.7 Å². The maximum absolute atomic E-state index is 13.1. The van der Waals surface area contributed by atoms with Crippen molar-refractivity contribution in [1.82, 2.24) is 4.90 Å². The first-order valence-electron chi connectivity index (χ1n) is 10.1. The summed E-state index contributed by atoms with van der Waals surface area (Å²) in [6.45, 7) is 2.26. The van der Waals surface area contributed by atoms with Gasteiger partial charge in [-0.2, -0.15) is 0 Å². The maximum Gasteiger partial charge on any atom is 0.247 e. The van der Waals surface area contributed by atoms with Crippen LogP contribution in [0.5, 0.6) is 0 Å². The van der Waals surface area contributed by atoms with Gasteiger partial charge < -0.3 is 10.0 Å². The Morgan fingerprint density at radius 1 is 1.07 bits per heavy atom. The van der Waals surface area contributed by atoms with Crippen LogP contribution in [-0.2, 0) is 9.59 Å². The lowest BCUT2D eigenvalue weighted by Crippen LogP contribution is -2.38. The van der Waals surface area contributed by atoms with Gasteiger partial charge in [0.2, 0.25) is 5.91 Å². The van der Waals surface area contributed by atoms with Crippen LogP contribution in [0.1, 0.15) is 49.5 Å². The monoisotopic (exact) mass is 445 g/mol. The summed E-state index contributed by atoms with van der Waals surface area (Å²) in [4.78, 5) is 26.5. The van der Waals surface area contributed by atoms with Crippen LogP contribution in [0.25, 0.3) is 0 Å². The Balaban J connectivity index is 2.01. The number of nitrogens with zero attached hydrogens (tertiary/aromatic N) is 1. The standard InChI is InChI=1S/C24H25Cl2NO3/c1-2-21(28)12-13-22(29)27(15-16-6-7-16)23(17-8-10-19(25)11-9-17)24(30)18-4-3-5-20(26)14-18/h3-5,8-14,16,23-24,30H,2,6-7,15H2,1H3. The van der Waals surface area contributed by atoms with Crippen LogP contribution in [-0.4, -0.2) is 28.2 Å². The zero-order chi connectivity index (χ0) is 21.7. The second-order valence-electron chi connectivity index (χ2n) is 7.58. The Hall–Kier alpha value is -2.14. The van der Waals surface area contributed by atoms with Crippen molar-refractivity contribution in [2.75, 3.05) is 6.54 Å². The number of allylic oxidation sites excluding steroid dienone is 1. The minimum absolute atomic E-state index is 0.117. The number of hydrogen-bond acceptors (Lipinski definition) is 3. The molecule has 4 nitrogen and oxygen atoms in total. The highest BCUT2D eigenvalue weighted by atomic mass is 35.5. The Morgan fingerprint density at radius 2 is 1.77 bits per heavy atom. The van der Waals surface area contributed by atoms with Crippen LogP contribution < -0.4 is 0 Å². The van der Waals surface area contributed by atoms with E-state index in [1.165, 1.54) is 12.2 Å². The minimum Gasteiger partial charge on any atom is -0.386 e. The van der Waals surface area contributed by atoms with Crippen LogP contribution in [0.3, 0.4) is 0 Å². The topological polar surface area (TPSA) is 57.6 Å². The molecule has 0 spiro atoms. The van der Waals surface area contributed by atoms with Crippen molar-refractivity contribution in [3.63, 3.8) is 0 Å². The van der Waals surface area contributed by atoms with E-state index in [1.54, 1.807) is 48.2 Å². The zero-order valence-corrected chi connectivity index (χ0v) is 18.3. The minimum atomic E-state index is -0.997. The first-order chi connectivity index (χ1) is 14.4. The van der Waals surface area contributed by atoms with E-state index in [2.05, 4.69) is 0 Å². The van der Waals surface area contributed by atoms with Crippen molar-refractivity contribution in [2.45, 2.75) is 38.3 Å². The third kappa shape index (κ3) is 5.94. The molecule has 1 amide bonds. The van der Waals surface area contributed by atoms with Gasteiger partial charge in [0.1, 0.15) is 6.10 Å². The van der Waals surface area contributed by atoms with E-state index in [1.807, 2.05) is 12.1 Å². The number of aliphatic hydroxyl groups is 1. The number of carbonyl (C=O) groups excluding carboxylic acids is 2. The van der Waals surface area contributed by atoms with Crippen LogP contribution in [0.4, 0.5) is 0 Å².